The van der Waals surface area contributed by atoms with E-state index in [4.69, 9.17) is 0 Å². The topological polar surface area (TPSA) is 41.6 Å². The largest absolute Gasteiger partial charge is 0.468 e. The molecule has 0 bridgehead atoms. The van der Waals surface area contributed by atoms with E-state index in [9.17, 15) is 4.79 Å². The van der Waals surface area contributed by atoms with Crippen molar-refractivity contribution in [1.82, 2.24) is 10.2 Å². The minimum atomic E-state index is -0.214. The summed E-state index contributed by atoms with van der Waals surface area (Å²) in [6.07, 6.45) is 0. The van der Waals surface area contributed by atoms with Gasteiger partial charge in [0.05, 0.1) is 13.7 Å². The van der Waals surface area contributed by atoms with Gasteiger partial charge < -0.3 is 15.0 Å². The number of nitrogens with zero attached hydrogens (tertiary/aromatic N) is 1. The molecule has 0 aromatic carbocycles. The minimum absolute atomic E-state index is 0.214. The first-order valence-corrected chi connectivity index (χ1v) is 4.92. The van der Waals surface area contributed by atoms with Gasteiger partial charge in [0.1, 0.15) is 0 Å². The van der Waals surface area contributed by atoms with Crippen LogP contribution in [0, 0.1) is 5.92 Å². The summed E-state index contributed by atoms with van der Waals surface area (Å²) in [5.74, 6) is 0.288. The van der Waals surface area contributed by atoms with E-state index >= 15 is 0 Å². The number of likely N-dealkylation sites (N-methyl/N-ethyl adjacent to an activating group) is 1. The zero-order valence-corrected chi connectivity index (χ0v) is 9.83. The monoisotopic (exact) mass is 202 g/mol. The first-order valence-electron chi connectivity index (χ1n) is 4.92. The Morgan fingerprint density at radius 2 is 2.00 bits per heavy atom. The first kappa shape index (κ1) is 13.4. The molecule has 14 heavy (non-hydrogen) atoms. The average molecular weight is 202 g/mol. The first-order chi connectivity index (χ1) is 6.47. The highest BCUT2D eigenvalue weighted by Crippen LogP contribution is 2.02. The molecule has 4 heteroatoms. The van der Waals surface area contributed by atoms with Crippen LogP contribution in [0.25, 0.3) is 0 Å². The van der Waals surface area contributed by atoms with E-state index in [0.29, 0.717) is 12.0 Å². The lowest BCUT2D eigenvalue weighted by molar-refractivity contribution is -0.139. The number of rotatable bonds is 6. The van der Waals surface area contributed by atoms with Crippen LogP contribution in [0.15, 0.2) is 0 Å². The fourth-order valence-corrected chi connectivity index (χ4v) is 1.19. The highest BCUT2D eigenvalue weighted by Gasteiger charge is 2.14. The Morgan fingerprint density at radius 3 is 2.36 bits per heavy atom. The van der Waals surface area contributed by atoms with Gasteiger partial charge in [-0.15, -0.1) is 0 Å². The van der Waals surface area contributed by atoms with Gasteiger partial charge in [0.2, 0.25) is 0 Å². The Labute approximate surface area is 86.6 Å². The Hall–Kier alpha value is -0.610. The van der Waals surface area contributed by atoms with Crippen molar-refractivity contribution in [3.05, 3.63) is 0 Å². The molecule has 0 amide bonds. The van der Waals surface area contributed by atoms with Crippen molar-refractivity contribution < 1.29 is 9.53 Å². The van der Waals surface area contributed by atoms with Crippen molar-refractivity contribution in [2.45, 2.75) is 19.9 Å². The molecule has 84 valence electrons. The standard InChI is InChI=1S/C10H22N2O2/c1-8(2)9(7-12(3)4)11-6-10(13)14-5/h8-9,11H,6-7H2,1-5H3. The van der Waals surface area contributed by atoms with Gasteiger partial charge in [0.15, 0.2) is 0 Å². The number of esters is 1. The maximum Gasteiger partial charge on any atom is 0.319 e. The molecule has 0 aliphatic heterocycles. The van der Waals surface area contributed by atoms with Crippen LogP contribution in [0.1, 0.15) is 13.8 Å². The molecule has 1 unspecified atom stereocenters. The molecular formula is C10H22N2O2. The molecule has 0 fully saturated rings. The SMILES string of the molecule is COC(=O)CNC(CN(C)C)C(C)C. The maximum absolute atomic E-state index is 10.9. The Balaban J connectivity index is 3.91. The molecule has 0 aliphatic carbocycles. The normalized spacial score (nSPS) is 13.4. The summed E-state index contributed by atoms with van der Waals surface area (Å²) in [7, 11) is 5.45. The second-order valence-corrected chi connectivity index (χ2v) is 4.07. The van der Waals surface area contributed by atoms with Gasteiger partial charge in [-0.1, -0.05) is 13.8 Å². The lowest BCUT2D eigenvalue weighted by atomic mass is 10.0. The van der Waals surface area contributed by atoms with Crippen molar-refractivity contribution in [3.8, 4) is 0 Å². The van der Waals surface area contributed by atoms with E-state index in [1.54, 1.807) is 0 Å². The second-order valence-electron chi connectivity index (χ2n) is 4.07. The molecule has 0 heterocycles. The summed E-state index contributed by atoms with van der Waals surface area (Å²) in [6, 6.07) is 0.323. The van der Waals surface area contributed by atoms with Gasteiger partial charge in [0.25, 0.3) is 0 Å². The van der Waals surface area contributed by atoms with E-state index in [0.717, 1.165) is 6.54 Å². The lowest BCUT2D eigenvalue weighted by Gasteiger charge is -2.25. The fraction of sp³-hybridized carbons (Fsp3) is 0.900. The molecule has 0 saturated heterocycles. The Kier molecular flexibility index (Phi) is 6.49. The van der Waals surface area contributed by atoms with Gasteiger partial charge in [-0.25, -0.2) is 0 Å². The molecule has 0 spiro atoms. The average Bonchev–Trinajstić information content (AvgIpc) is 2.10. The molecule has 0 rings (SSSR count). The molecule has 4 nitrogen and oxygen atoms in total. The van der Waals surface area contributed by atoms with Crippen LogP contribution in [-0.2, 0) is 9.53 Å². The summed E-state index contributed by atoms with van der Waals surface area (Å²) in [6.45, 7) is 5.48. The summed E-state index contributed by atoms with van der Waals surface area (Å²) < 4.78 is 4.57. The molecule has 1 N–H and O–H groups in total. The lowest BCUT2D eigenvalue weighted by Crippen LogP contribution is -2.44. The van der Waals surface area contributed by atoms with Gasteiger partial charge in [0, 0.05) is 12.6 Å². The number of ether oxygens (including phenoxy) is 1. The zero-order chi connectivity index (χ0) is 11.1. The predicted octanol–water partition coefficient (Wildman–Crippen LogP) is 0.335. The summed E-state index contributed by atoms with van der Waals surface area (Å²) in [4.78, 5) is 13.0. The van der Waals surface area contributed by atoms with Gasteiger partial charge >= 0.3 is 5.97 Å². The van der Waals surface area contributed by atoms with E-state index in [2.05, 4.69) is 28.8 Å². The van der Waals surface area contributed by atoms with E-state index in [1.807, 2.05) is 14.1 Å². The number of hydrogen-bond donors (Lipinski definition) is 1. The van der Waals surface area contributed by atoms with Crippen LogP contribution in [0.3, 0.4) is 0 Å². The summed E-state index contributed by atoms with van der Waals surface area (Å²) in [5.41, 5.74) is 0. The molecule has 0 aromatic rings. The van der Waals surface area contributed by atoms with Crippen LogP contribution < -0.4 is 5.32 Å². The minimum Gasteiger partial charge on any atom is -0.468 e. The Bertz CT molecular complexity index is 170. The van der Waals surface area contributed by atoms with Crippen molar-refractivity contribution >= 4 is 5.97 Å². The van der Waals surface area contributed by atoms with E-state index < -0.39 is 0 Å². The number of hydrogen-bond acceptors (Lipinski definition) is 4. The molecular weight excluding hydrogens is 180 g/mol. The van der Waals surface area contributed by atoms with Crippen molar-refractivity contribution in [3.63, 3.8) is 0 Å². The Morgan fingerprint density at radius 1 is 1.43 bits per heavy atom. The fourth-order valence-electron chi connectivity index (χ4n) is 1.19. The molecule has 0 aromatic heterocycles. The zero-order valence-electron chi connectivity index (χ0n) is 9.83. The van der Waals surface area contributed by atoms with Crippen molar-refractivity contribution in [1.29, 1.82) is 0 Å². The van der Waals surface area contributed by atoms with Crippen LogP contribution >= 0.6 is 0 Å². The van der Waals surface area contributed by atoms with Gasteiger partial charge in [-0.2, -0.15) is 0 Å². The summed E-state index contributed by atoms with van der Waals surface area (Å²) in [5, 5.41) is 3.18. The van der Waals surface area contributed by atoms with Gasteiger partial charge in [-0.05, 0) is 20.0 Å². The highest BCUT2D eigenvalue weighted by molar-refractivity contribution is 5.71. The number of methoxy groups -OCH3 is 1. The number of carbonyl (C=O) groups is 1. The second kappa shape index (κ2) is 6.79. The van der Waals surface area contributed by atoms with E-state index in [1.165, 1.54) is 7.11 Å². The molecule has 0 radical (unpaired) electrons. The van der Waals surface area contributed by atoms with Crippen molar-refractivity contribution in [2.24, 2.45) is 5.92 Å². The van der Waals surface area contributed by atoms with Crippen LogP contribution in [0.5, 0.6) is 0 Å². The molecule has 1 atom stereocenters. The van der Waals surface area contributed by atoms with Crippen LogP contribution in [-0.4, -0.2) is 51.2 Å². The molecule has 0 saturated carbocycles. The third kappa shape index (κ3) is 5.94. The third-order valence-corrected chi connectivity index (χ3v) is 2.10. The quantitative estimate of drug-likeness (QED) is 0.630. The smallest absolute Gasteiger partial charge is 0.319 e. The molecule has 0 aliphatic rings. The van der Waals surface area contributed by atoms with Gasteiger partial charge in [-0.3, -0.25) is 4.79 Å². The van der Waals surface area contributed by atoms with Crippen LogP contribution in [0.2, 0.25) is 0 Å². The number of nitrogens with one attached hydrogen (secondary N) is 1. The van der Waals surface area contributed by atoms with E-state index in [-0.39, 0.29) is 12.5 Å². The highest BCUT2D eigenvalue weighted by atomic mass is 16.5. The number of carbonyl (C=O) groups excluding carboxylic acids is 1. The van der Waals surface area contributed by atoms with Crippen molar-refractivity contribution in [2.75, 3.05) is 34.3 Å². The third-order valence-electron chi connectivity index (χ3n) is 2.10. The predicted molar refractivity (Wildman–Crippen MR) is 57.2 cm³/mol. The maximum atomic E-state index is 10.9. The summed E-state index contributed by atoms with van der Waals surface area (Å²) >= 11 is 0. The van der Waals surface area contributed by atoms with Crippen LogP contribution in [0.4, 0.5) is 0 Å².